The predicted molar refractivity (Wildman–Crippen MR) is 114 cm³/mol. The highest BCUT2D eigenvalue weighted by atomic mass is 16.2. The van der Waals surface area contributed by atoms with Gasteiger partial charge in [-0.1, -0.05) is 32.9 Å². The van der Waals surface area contributed by atoms with Crippen molar-refractivity contribution in [2.24, 2.45) is 5.41 Å². The van der Waals surface area contributed by atoms with E-state index in [9.17, 15) is 9.59 Å². The summed E-state index contributed by atoms with van der Waals surface area (Å²) >= 11 is 0. The van der Waals surface area contributed by atoms with Gasteiger partial charge in [0, 0.05) is 26.1 Å². The van der Waals surface area contributed by atoms with E-state index in [2.05, 4.69) is 39.3 Å². The number of hydrogen-bond acceptors (Lipinski definition) is 4. The fourth-order valence-electron chi connectivity index (χ4n) is 4.29. The first-order chi connectivity index (χ1) is 13.7. The molecular formula is C22H35N5O2. The van der Waals surface area contributed by atoms with Gasteiger partial charge in [-0.25, -0.2) is 4.98 Å². The summed E-state index contributed by atoms with van der Waals surface area (Å²) in [6.07, 6.45) is 8.57. The van der Waals surface area contributed by atoms with Crippen LogP contribution in [0.1, 0.15) is 74.4 Å². The predicted octanol–water partition coefficient (Wildman–Crippen LogP) is 2.43. The summed E-state index contributed by atoms with van der Waals surface area (Å²) in [5.41, 5.74) is 1.04. The smallest absolute Gasteiger partial charge is 0.272 e. The van der Waals surface area contributed by atoms with E-state index in [1.165, 1.54) is 0 Å². The Balaban J connectivity index is 1.97. The minimum atomic E-state index is -0.623. The second kappa shape index (κ2) is 8.69. The summed E-state index contributed by atoms with van der Waals surface area (Å²) in [5, 5.41) is 5.64. The summed E-state index contributed by atoms with van der Waals surface area (Å²) in [6, 6.07) is -0.623. The van der Waals surface area contributed by atoms with Crippen LogP contribution in [0.2, 0.25) is 0 Å². The molecule has 2 atom stereocenters. The Kier molecular flexibility index (Phi) is 6.46. The number of carbonyl (C=O) groups excluding carboxylic acids is 2. The van der Waals surface area contributed by atoms with Crippen molar-refractivity contribution in [3.63, 3.8) is 0 Å². The lowest BCUT2D eigenvalue weighted by molar-refractivity contribution is -0.124. The number of fused-ring (bicyclic) bond motifs is 1. The Bertz CT molecular complexity index is 790. The Morgan fingerprint density at radius 2 is 2.00 bits per heavy atom. The number of hydrogen-bond donors (Lipinski definition) is 2. The molecule has 0 radical (unpaired) electrons. The van der Waals surface area contributed by atoms with Crippen LogP contribution in [0.5, 0.6) is 0 Å². The normalized spacial score (nSPS) is 21.2. The molecule has 0 bridgehead atoms. The quantitative estimate of drug-likeness (QED) is 0.760. The van der Waals surface area contributed by atoms with E-state index in [0.29, 0.717) is 18.2 Å². The summed E-state index contributed by atoms with van der Waals surface area (Å²) in [6.45, 7) is 8.43. The summed E-state index contributed by atoms with van der Waals surface area (Å²) in [5.74, 6) is 0.925. The largest absolute Gasteiger partial charge is 0.357 e. The van der Waals surface area contributed by atoms with Crippen molar-refractivity contribution < 1.29 is 9.59 Å². The van der Waals surface area contributed by atoms with Gasteiger partial charge >= 0.3 is 0 Å². The van der Waals surface area contributed by atoms with Crippen molar-refractivity contribution in [3.05, 3.63) is 29.4 Å². The standard InChI is InChI=1S/C22H35N5O2/c1-22(2,3)18(21(29)23-4)25-20(28)17-16-14-26(5)12-9-13-27(16)19(24-17)15-10-7-6-8-11-15/h6-7,15,18H,8-14H2,1-5H3,(H,23,29)(H,25,28). The van der Waals surface area contributed by atoms with Crippen molar-refractivity contribution in [3.8, 4) is 0 Å². The summed E-state index contributed by atoms with van der Waals surface area (Å²) < 4.78 is 2.27. The maximum atomic E-state index is 13.3. The first-order valence-corrected chi connectivity index (χ1v) is 10.7. The molecule has 0 spiro atoms. The second-order valence-corrected chi connectivity index (χ2v) is 9.38. The zero-order valence-corrected chi connectivity index (χ0v) is 18.4. The average molecular weight is 402 g/mol. The summed E-state index contributed by atoms with van der Waals surface area (Å²) in [7, 11) is 3.68. The molecule has 1 aliphatic carbocycles. The Morgan fingerprint density at radius 1 is 1.24 bits per heavy atom. The number of aromatic nitrogens is 2. The van der Waals surface area contributed by atoms with Crippen LogP contribution in [0.4, 0.5) is 0 Å². The van der Waals surface area contributed by atoms with Gasteiger partial charge in [0.2, 0.25) is 5.91 Å². The Labute approximate surface area is 173 Å². The highest BCUT2D eigenvalue weighted by Gasteiger charge is 2.35. The van der Waals surface area contributed by atoms with Crippen LogP contribution in [0.15, 0.2) is 12.2 Å². The molecule has 29 heavy (non-hydrogen) atoms. The zero-order valence-electron chi connectivity index (χ0n) is 18.4. The fourth-order valence-corrected chi connectivity index (χ4v) is 4.29. The fraction of sp³-hybridized carbons (Fsp3) is 0.682. The van der Waals surface area contributed by atoms with Gasteiger partial charge in [-0.2, -0.15) is 0 Å². The van der Waals surface area contributed by atoms with Crippen LogP contribution >= 0.6 is 0 Å². The van der Waals surface area contributed by atoms with E-state index in [-0.39, 0.29) is 11.8 Å². The number of carbonyl (C=O) groups is 2. The number of likely N-dealkylation sites (N-methyl/N-ethyl adjacent to an activating group) is 1. The number of amides is 2. The number of nitrogens with one attached hydrogen (secondary N) is 2. The lowest BCUT2D eigenvalue weighted by Crippen LogP contribution is -2.53. The molecule has 3 rings (SSSR count). The van der Waals surface area contributed by atoms with Crippen molar-refractivity contribution >= 4 is 11.8 Å². The SMILES string of the molecule is CNC(=O)C(NC(=O)c1nc(C2CC=CCC2)n2c1CN(C)CCC2)C(C)(C)C. The second-order valence-electron chi connectivity index (χ2n) is 9.38. The van der Waals surface area contributed by atoms with Crippen LogP contribution in [-0.4, -0.2) is 52.9 Å². The highest BCUT2D eigenvalue weighted by molar-refractivity contribution is 5.97. The van der Waals surface area contributed by atoms with Gasteiger partial charge in [0.25, 0.3) is 5.91 Å². The Hall–Kier alpha value is -2.15. The lowest BCUT2D eigenvalue weighted by Gasteiger charge is -2.29. The molecule has 0 aromatic carbocycles. The zero-order chi connectivity index (χ0) is 21.2. The molecule has 1 aromatic rings. The molecule has 2 heterocycles. The van der Waals surface area contributed by atoms with Gasteiger partial charge in [-0.15, -0.1) is 0 Å². The van der Waals surface area contributed by atoms with Crippen LogP contribution in [0.3, 0.4) is 0 Å². The molecule has 0 saturated carbocycles. The molecule has 2 amide bonds. The molecule has 7 nitrogen and oxygen atoms in total. The van der Waals surface area contributed by atoms with E-state index in [1.807, 2.05) is 20.8 Å². The molecule has 2 unspecified atom stereocenters. The first kappa shape index (κ1) is 21.6. The van der Waals surface area contributed by atoms with E-state index in [0.717, 1.165) is 50.3 Å². The topological polar surface area (TPSA) is 79.3 Å². The molecule has 2 N–H and O–H groups in total. The van der Waals surface area contributed by atoms with Gasteiger partial charge in [0.05, 0.1) is 5.69 Å². The van der Waals surface area contributed by atoms with Crippen LogP contribution in [-0.2, 0) is 17.9 Å². The van der Waals surface area contributed by atoms with Gasteiger partial charge < -0.3 is 20.1 Å². The minimum absolute atomic E-state index is 0.189. The molecule has 1 aliphatic heterocycles. The molecular weight excluding hydrogens is 366 g/mol. The molecule has 2 aliphatic rings. The van der Waals surface area contributed by atoms with Crippen molar-refractivity contribution in [1.29, 1.82) is 0 Å². The number of imidazole rings is 1. The monoisotopic (exact) mass is 401 g/mol. The van der Waals surface area contributed by atoms with Crippen LogP contribution in [0.25, 0.3) is 0 Å². The van der Waals surface area contributed by atoms with Crippen molar-refractivity contribution in [2.45, 2.75) is 71.5 Å². The third-order valence-corrected chi connectivity index (χ3v) is 5.94. The van der Waals surface area contributed by atoms with E-state index in [4.69, 9.17) is 4.98 Å². The maximum absolute atomic E-state index is 13.3. The third kappa shape index (κ3) is 4.71. The van der Waals surface area contributed by atoms with E-state index >= 15 is 0 Å². The number of rotatable bonds is 4. The van der Waals surface area contributed by atoms with Crippen molar-refractivity contribution in [1.82, 2.24) is 25.1 Å². The molecule has 1 aromatic heterocycles. The molecule has 0 fully saturated rings. The average Bonchev–Trinajstić information content (AvgIpc) is 2.92. The van der Waals surface area contributed by atoms with Crippen molar-refractivity contribution in [2.75, 3.05) is 20.6 Å². The van der Waals surface area contributed by atoms with Crippen LogP contribution in [0, 0.1) is 5.41 Å². The van der Waals surface area contributed by atoms with Gasteiger partial charge in [-0.3, -0.25) is 9.59 Å². The lowest BCUT2D eigenvalue weighted by atomic mass is 9.86. The minimum Gasteiger partial charge on any atom is -0.357 e. The molecule has 7 heteroatoms. The van der Waals surface area contributed by atoms with E-state index in [1.54, 1.807) is 7.05 Å². The third-order valence-electron chi connectivity index (χ3n) is 5.94. The molecule has 160 valence electrons. The maximum Gasteiger partial charge on any atom is 0.272 e. The van der Waals surface area contributed by atoms with Crippen LogP contribution < -0.4 is 10.6 Å². The highest BCUT2D eigenvalue weighted by Crippen LogP contribution is 2.32. The van der Waals surface area contributed by atoms with Gasteiger partial charge in [0.1, 0.15) is 11.9 Å². The van der Waals surface area contributed by atoms with Gasteiger partial charge in [0.15, 0.2) is 5.69 Å². The Morgan fingerprint density at radius 3 is 2.62 bits per heavy atom. The molecule has 0 saturated heterocycles. The summed E-state index contributed by atoms with van der Waals surface area (Å²) in [4.78, 5) is 32.8. The number of allylic oxidation sites excluding steroid dienone is 2. The number of nitrogens with zero attached hydrogens (tertiary/aromatic N) is 3. The first-order valence-electron chi connectivity index (χ1n) is 10.7. The van der Waals surface area contributed by atoms with Gasteiger partial charge in [-0.05, 0) is 44.7 Å². The van der Waals surface area contributed by atoms with E-state index < -0.39 is 11.5 Å².